The molecule has 1 aliphatic rings. The van der Waals surface area contributed by atoms with E-state index < -0.39 is 10.0 Å². The summed E-state index contributed by atoms with van der Waals surface area (Å²) in [7, 11) is -0.868. The lowest BCUT2D eigenvalue weighted by Gasteiger charge is -2.31. The third kappa shape index (κ3) is 4.43. The summed E-state index contributed by atoms with van der Waals surface area (Å²) in [6.45, 7) is 3.15. The molecule has 0 radical (unpaired) electrons. The van der Waals surface area contributed by atoms with Gasteiger partial charge in [-0.3, -0.25) is 4.79 Å². The third-order valence-corrected chi connectivity index (χ3v) is 6.18. The van der Waals surface area contributed by atoms with E-state index >= 15 is 0 Å². The van der Waals surface area contributed by atoms with Crippen LogP contribution in [-0.2, 0) is 14.8 Å². The summed E-state index contributed by atoms with van der Waals surface area (Å²) in [6.07, 6.45) is 2.19. The molecule has 1 N–H and O–H groups in total. The van der Waals surface area contributed by atoms with Crippen LogP contribution in [0, 0.1) is 5.92 Å². The maximum absolute atomic E-state index is 13.1. The summed E-state index contributed by atoms with van der Waals surface area (Å²) in [5.74, 6) is 0.290. The van der Waals surface area contributed by atoms with Gasteiger partial charge in [0.05, 0.1) is 20.1 Å². The second-order valence-electron chi connectivity index (χ2n) is 6.01. The number of piperidine rings is 1. The van der Waals surface area contributed by atoms with Gasteiger partial charge in [-0.15, -0.1) is 0 Å². The molecule has 7 nitrogen and oxygen atoms in total. The smallest absolute Gasteiger partial charge is 0.246 e. The van der Waals surface area contributed by atoms with Gasteiger partial charge < -0.3 is 14.8 Å². The molecule has 0 saturated carbocycles. The Morgan fingerprint density at radius 2 is 2.08 bits per heavy atom. The van der Waals surface area contributed by atoms with Crippen molar-refractivity contribution >= 4 is 15.9 Å². The van der Waals surface area contributed by atoms with Crippen LogP contribution in [0.15, 0.2) is 23.1 Å². The summed E-state index contributed by atoms with van der Waals surface area (Å²) in [5.41, 5.74) is 0. The van der Waals surface area contributed by atoms with Crippen molar-refractivity contribution in [2.45, 2.75) is 31.1 Å². The van der Waals surface area contributed by atoms with Crippen molar-refractivity contribution in [3.05, 3.63) is 18.2 Å². The fourth-order valence-corrected chi connectivity index (χ4v) is 4.59. The van der Waals surface area contributed by atoms with Crippen LogP contribution < -0.4 is 14.8 Å². The predicted molar refractivity (Wildman–Crippen MR) is 94.3 cm³/mol. The number of carbonyl (C=O) groups excluding carboxylic acids is 1. The Bertz CT molecular complexity index is 705. The van der Waals surface area contributed by atoms with E-state index in [0.29, 0.717) is 31.7 Å². The molecule has 1 fully saturated rings. The van der Waals surface area contributed by atoms with Gasteiger partial charge in [0.25, 0.3) is 0 Å². The maximum atomic E-state index is 13.1. The normalized spacial score (nSPS) is 18.6. The first kappa shape index (κ1) is 19.5. The van der Waals surface area contributed by atoms with E-state index in [2.05, 4.69) is 5.32 Å². The van der Waals surface area contributed by atoms with E-state index in [4.69, 9.17) is 9.47 Å². The summed E-state index contributed by atoms with van der Waals surface area (Å²) < 4.78 is 37.9. The monoisotopic (exact) mass is 370 g/mol. The number of benzene rings is 1. The Labute approximate surface area is 149 Å². The van der Waals surface area contributed by atoms with Gasteiger partial charge >= 0.3 is 0 Å². The number of hydrogen-bond acceptors (Lipinski definition) is 5. The Kier molecular flexibility index (Phi) is 6.66. The molecule has 0 aliphatic carbocycles. The molecule has 1 atom stereocenters. The summed E-state index contributed by atoms with van der Waals surface area (Å²) in [5, 5.41) is 2.85. The van der Waals surface area contributed by atoms with Crippen LogP contribution in [0.3, 0.4) is 0 Å². The van der Waals surface area contributed by atoms with Crippen molar-refractivity contribution in [1.29, 1.82) is 0 Å². The number of amides is 1. The van der Waals surface area contributed by atoms with Gasteiger partial charge in [-0.2, -0.15) is 4.31 Å². The highest BCUT2D eigenvalue weighted by molar-refractivity contribution is 7.89. The molecule has 25 heavy (non-hydrogen) atoms. The van der Waals surface area contributed by atoms with Crippen LogP contribution in [0.2, 0.25) is 0 Å². The van der Waals surface area contributed by atoms with Crippen molar-refractivity contribution < 1.29 is 22.7 Å². The van der Waals surface area contributed by atoms with Crippen molar-refractivity contribution in [3.63, 3.8) is 0 Å². The number of nitrogens with zero attached hydrogens (tertiary/aromatic N) is 1. The molecule has 1 aliphatic heterocycles. The lowest BCUT2D eigenvalue weighted by molar-refractivity contribution is -0.126. The molecule has 1 aromatic carbocycles. The molecule has 1 amide bonds. The Morgan fingerprint density at radius 1 is 1.32 bits per heavy atom. The van der Waals surface area contributed by atoms with Crippen molar-refractivity contribution in [3.8, 4) is 11.5 Å². The Balaban J connectivity index is 2.25. The van der Waals surface area contributed by atoms with Crippen LogP contribution >= 0.6 is 0 Å². The molecule has 1 aromatic rings. The second-order valence-corrected chi connectivity index (χ2v) is 7.92. The molecule has 0 bridgehead atoms. The molecule has 1 heterocycles. The van der Waals surface area contributed by atoms with Gasteiger partial charge in [-0.25, -0.2) is 8.42 Å². The van der Waals surface area contributed by atoms with Crippen LogP contribution in [0.5, 0.6) is 11.5 Å². The first-order chi connectivity index (χ1) is 11.9. The van der Waals surface area contributed by atoms with E-state index in [0.717, 1.165) is 6.42 Å². The average molecular weight is 370 g/mol. The molecule has 0 spiro atoms. The Hall–Kier alpha value is -1.80. The topological polar surface area (TPSA) is 84.9 Å². The zero-order valence-corrected chi connectivity index (χ0v) is 15.8. The number of rotatable bonds is 7. The predicted octanol–water partition coefficient (Wildman–Crippen LogP) is 1.63. The lowest BCUT2D eigenvalue weighted by atomic mass is 9.99. The van der Waals surface area contributed by atoms with Crippen molar-refractivity contribution in [1.82, 2.24) is 9.62 Å². The van der Waals surface area contributed by atoms with E-state index in [1.165, 1.54) is 24.6 Å². The summed E-state index contributed by atoms with van der Waals surface area (Å²) >= 11 is 0. The van der Waals surface area contributed by atoms with Gasteiger partial charge in [0.1, 0.15) is 16.4 Å². The summed E-state index contributed by atoms with van der Waals surface area (Å²) in [4.78, 5) is 12.3. The Morgan fingerprint density at radius 3 is 2.72 bits per heavy atom. The molecular formula is C17H26N2O5S. The zero-order valence-electron chi connectivity index (χ0n) is 14.9. The first-order valence-electron chi connectivity index (χ1n) is 8.44. The van der Waals surface area contributed by atoms with Crippen molar-refractivity contribution in [2.24, 2.45) is 5.92 Å². The SMILES string of the molecule is CCCNC(=O)[C@@H]1CCCN(S(=O)(=O)c2cc(OC)ccc2OC)C1. The zero-order chi connectivity index (χ0) is 18.4. The maximum Gasteiger partial charge on any atom is 0.246 e. The van der Waals surface area contributed by atoms with Gasteiger partial charge in [0, 0.05) is 25.7 Å². The second kappa shape index (κ2) is 8.53. The fourth-order valence-electron chi connectivity index (χ4n) is 2.89. The molecule has 8 heteroatoms. The van der Waals surface area contributed by atoms with Gasteiger partial charge in [-0.1, -0.05) is 6.92 Å². The molecule has 0 unspecified atom stereocenters. The molecular weight excluding hydrogens is 344 g/mol. The van der Waals surface area contributed by atoms with E-state index in [-0.39, 0.29) is 29.0 Å². The minimum atomic E-state index is -3.78. The highest BCUT2D eigenvalue weighted by atomic mass is 32.2. The quantitative estimate of drug-likeness (QED) is 0.789. The standard InChI is InChI=1S/C17H26N2O5S/c1-4-9-18-17(20)13-6-5-10-19(12-13)25(21,22)16-11-14(23-2)7-8-15(16)24-3/h7-8,11,13H,4-6,9-10,12H2,1-3H3,(H,18,20)/t13-/m1/s1. The van der Waals surface area contributed by atoms with Crippen LogP contribution in [-0.4, -0.2) is 52.5 Å². The largest absolute Gasteiger partial charge is 0.497 e. The van der Waals surface area contributed by atoms with Crippen LogP contribution in [0.25, 0.3) is 0 Å². The number of ether oxygens (including phenoxy) is 2. The van der Waals surface area contributed by atoms with Gasteiger partial charge in [0.2, 0.25) is 15.9 Å². The molecule has 2 rings (SSSR count). The van der Waals surface area contributed by atoms with E-state index in [1.807, 2.05) is 6.92 Å². The number of methoxy groups -OCH3 is 2. The minimum Gasteiger partial charge on any atom is -0.497 e. The lowest BCUT2D eigenvalue weighted by Crippen LogP contribution is -2.45. The van der Waals surface area contributed by atoms with Gasteiger partial charge in [0.15, 0.2) is 0 Å². The number of hydrogen-bond donors (Lipinski definition) is 1. The van der Waals surface area contributed by atoms with Crippen LogP contribution in [0.4, 0.5) is 0 Å². The number of carbonyl (C=O) groups is 1. The molecule has 1 saturated heterocycles. The third-order valence-electron chi connectivity index (χ3n) is 4.29. The van der Waals surface area contributed by atoms with E-state index in [1.54, 1.807) is 12.1 Å². The van der Waals surface area contributed by atoms with Crippen LogP contribution in [0.1, 0.15) is 26.2 Å². The number of sulfonamides is 1. The highest BCUT2D eigenvalue weighted by Crippen LogP contribution is 2.32. The van der Waals surface area contributed by atoms with Gasteiger partial charge in [-0.05, 0) is 31.4 Å². The van der Waals surface area contributed by atoms with E-state index in [9.17, 15) is 13.2 Å². The van der Waals surface area contributed by atoms with Crippen molar-refractivity contribution in [2.75, 3.05) is 33.9 Å². The first-order valence-corrected chi connectivity index (χ1v) is 9.88. The number of nitrogens with one attached hydrogen (secondary N) is 1. The average Bonchev–Trinajstić information content (AvgIpc) is 2.65. The molecule has 140 valence electrons. The minimum absolute atomic E-state index is 0.0592. The fraction of sp³-hybridized carbons (Fsp3) is 0.588. The molecule has 0 aromatic heterocycles. The highest BCUT2D eigenvalue weighted by Gasteiger charge is 2.35. The summed E-state index contributed by atoms with van der Waals surface area (Å²) in [6, 6.07) is 4.67.